The third-order valence-corrected chi connectivity index (χ3v) is 4.88. The zero-order chi connectivity index (χ0) is 19.0. The van der Waals surface area contributed by atoms with E-state index in [1.807, 2.05) is 36.2 Å². The van der Waals surface area contributed by atoms with E-state index < -0.39 is 5.91 Å². The van der Waals surface area contributed by atoms with Crippen LogP contribution in [0.5, 0.6) is 0 Å². The number of fused-ring (bicyclic) bond motifs is 1. The molecule has 2 N–H and O–H groups in total. The fraction of sp³-hybridized carbons (Fsp3) is 0.263. The van der Waals surface area contributed by atoms with Crippen molar-refractivity contribution in [1.29, 1.82) is 0 Å². The molecule has 27 heavy (non-hydrogen) atoms. The van der Waals surface area contributed by atoms with Crippen LogP contribution in [-0.4, -0.2) is 57.7 Å². The normalized spacial score (nSPS) is 14.6. The molecule has 3 aromatic rings. The lowest BCUT2D eigenvalue weighted by Crippen LogP contribution is -2.49. The van der Waals surface area contributed by atoms with Crippen LogP contribution < -0.4 is 10.6 Å². The molecule has 0 unspecified atom stereocenters. The lowest BCUT2D eigenvalue weighted by atomic mass is 10.1. The van der Waals surface area contributed by atoms with E-state index in [0.29, 0.717) is 43.3 Å². The third kappa shape index (κ3) is 2.99. The fourth-order valence-electron chi connectivity index (χ4n) is 3.48. The summed E-state index contributed by atoms with van der Waals surface area (Å²) in [5.74, 6) is -0.0143. The highest BCUT2D eigenvalue weighted by molar-refractivity contribution is 6.05. The van der Waals surface area contributed by atoms with E-state index in [1.165, 1.54) is 0 Å². The number of pyridine rings is 1. The second kappa shape index (κ2) is 6.71. The first-order valence-corrected chi connectivity index (χ1v) is 8.77. The van der Waals surface area contributed by atoms with Crippen molar-refractivity contribution in [3.63, 3.8) is 0 Å². The van der Waals surface area contributed by atoms with Gasteiger partial charge in [-0.3, -0.25) is 14.3 Å². The number of hydrogen-bond donors (Lipinski definition) is 1. The van der Waals surface area contributed by atoms with Crippen molar-refractivity contribution in [2.24, 2.45) is 12.8 Å². The van der Waals surface area contributed by atoms with Gasteiger partial charge in [0.15, 0.2) is 5.69 Å². The van der Waals surface area contributed by atoms with E-state index in [-0.39, 0.29) is 5.91 Å². The van der Waals surface area contributed by atoms with Crippen LogP contribution in [-0.2, 0) is 7.05 Å². The largest absolute Gasteiger partial charge is 0.365 e. The summed E-state index contributed by atoms with van der Waals surface area (Å²) < 4.78 is 1.73. The van der Waals surface area contributed by atoms with Crippen molar-refractivity contribution >= 4 is 28.5 Å². The second-order valence-corrected chi connectivity index (χ2v) is 6.51. The predicted octanol–water partition coefficient (Wildman–Crippen LogP) is 1.03. The SMILES string of the molecule is Cn1nc(C(=O)N2CCN(c3ncccc3C(N)=O)CC2)c2ccccc21. The number of amides is 2. The molecule has 2 amide bonds. The number of hydrogen-bond acceptors (Lipinski definition) is 5. The lowest BCUT2D eigenvalue weighted by molar-refractivity contribution is 0.0741. The second-order valence-electron chi connectivity index (χ2n) is 6.51. The maximum atomic E-state index is 13.0. The first-order valence-electron chi connectivity index (χ1n) is 8.77. The number of rotatable bonds is 3. The number of nitrogens with zero attached hydrogens (tertiary/aromatic N) is 5. The fourth-order valence-corrected chi connectivity index (χ4v) is 3.48. The molecule has 8 heteroatoms. The smallest absolute Gasteiger partial charge is 0.275 e. The van der Waals surface area contributed by atoms with Crippen LogP contribution in [0.4, 0.5) is 5.82 Å². The van der Waals surface area contributed by atoms with Crippen LogP contribution in [0.25, 0.3) is 10.9 Å². The molecule has 1 saturated heterocycles. The van der Waals surface area contributed by atoms with Gasteiger partial charge in [-0.25, -0.2) is 4.98 Å². The molecule has 1 aromatic carbocycles. The number of carbonyl (C=O) groups excluding carboxylic acids is 2. The minimum absolute atomic E-state index is 0.0809. The number of nitrogens with two attached hydrogens (primary N) is 1. The van der Waals surface area contributed by atoms with Crippen LogP contribution in [0.15, 0.2) is 42.6 Å². The van der Waals surface area contributed by atoms with Gasteiger partial charge < -0.3 is 15.5 Å². The topological polar surface area (TPSA) is 97.3 Å². The van der Waals surface area contributed by atoms with Crippen molar-refractivity contribution < 1.29 is 9.59 Å². The Labute approximate surface area is 156 Å². The van der Waals surface area contributed by atoms with Gasteiger partial charge in [-0.05, 0) is 18.2 Å². The number of piperazine rings is 1. The molecule has 0 radical (unpaired) electrons. The highest BCUT2D eigenvalue weighted by atomic mass is 16.2. The summed E-state index contributed by atoms with van der Waals surface area (Å²) in [5.41, 5.74) is 7.24. The van der Waals surface area contributed by atoms with Gasteiger partial charge in [0.05, 0.1) is 11.1 Å². The molecule has 1 aliphatic rings. The zero-order valence-corrected chi connectivity index (χ0v) is 15.0. The molecule has 8 nitrogen and oxygen atoms in total. The predicted molar refractivity (Wildman–Crippen MR) is 102 cm³/mol. The van der Waals surface area contributed by atoms with Crippen LogP contribution in [0.3, 0.4) is 0 Å². The molecule has 0 aliphatic carbocycles. The summed E-state index contributed by atoms with van der Waals surface area (Å²) in [6.07, 6.45) is 1.64. The van der Waals surface area contributed by atoms with Gasteiger partial charge in [-0.1, -0.05) is 18.2 Å². The number of benzene rings is 1. The average Bonchev–Trinajstić information content (AvgIpc) is 3.04. The molecule has 0 spiro atoms. The Morgan fingerprint density at radius 1 is 1.04 bits per heavy atom. The summed E-state index contributed by atoms with van der Waals surface area (Å²) in [7, 11) is 1.84. The summed E-state index contributed by atoms with van der Waals surface area (Å²) in [6, 6.07) is 11.1. The number of anilines is 1. The summed E-state index contributed by atoms with van der Waals surface area (Å²) in [4.78, 5) is 32.7. The van der Waals surface area contributed by atoms with Gasteiger partial charge in [0.2, 0.25) is 0 Å². The van der Waals surface area contributed by atoms with Gasteiger partial charge in [-0.15, -0.1) is 0 Å². The highest BCUT2D eigenvalue weighted by Crippen LogP contribution is 2.22. The first kappa shape index (κ1) is 17.0. The minimum atomic E-state index is -0.503. The Hall–Kier alpha value is -3.42. The minimum Gasteiger partial charge on any atom is -0.365 e. The quantitative estimate of drug-likeness (QED) is 0.749. The third-order valence-electron chi connectivity index (χ3n) is 4.88. The van der Waals surface area contributed by atoms with Crippen LogP contribution in [0.1, 0.15) is 20.8 Å². The van der Waals surface area contributed by atoms with Crippen molar-refractivity contribution in [2.75, 3.05) is 31.1 Å². The first-order chi connectivity index (χ1) is 13.1. The van der Waals surface area contributed by atoms with Crippen LogP contribution >= 0.6 is 0 Å². The van der Waals surface area contributed by atoms with Crippen molar-refractivity contribution in [3.05, 3.63) is 53.9 Å². The lowest BCUT2D eigenvalue weighted by Gasteiger charge is -2.35. The van der Waals surface area contributed by atoms with E-state index >= 15 is 0 Å². The Morgan fingerprint density at radius 3 is 2.52 bits per heavy atom. The number of primary amides is 1. The molecular formula is C19H20N6O2. The monoisotopic (exact) mass is 364 g/mol. The molecule has 138 valence electrons. The van der Waals surface area contributed by atoms with E-state index in [4.69, 9.17) is 5.73 Å². The molecular weight excluding hydrogens is 344 g/mol. The molecule has 2 aromatic heterocycles. The molecule has 3 heterocycles. The van der Waals surface area contributed by atoms with Crippen molar-refractivity contribution in [3.8, 4) is 0 Å². The Morgan fingerprint density at radius 2 is 1.78 bits per heavy atom. The van der Waals surface area contributed by atoms with Crippen LogP contribution in [0.2, 0.25) is 0 Å². The Bertz CT molecular complexity index is 1020. The highest BCUT2D eigenvalue weighted by Gasteiger charge is 2.27. The van der Waals surface area contributed by atoms with Crippen molar-refractivity contribution in [2.45, 2.75) is 0 Å². The zero-order valence-electron chi connectivity index (χ0n) is 15.0. The van der Waals surface area contributed by atoms with Crippen molar-refractivity contribution in [1.82, 2.24) is 19.7 Å². The van der Waals surface area contributed by atoms with Gasteiger partial charge in [0.1, 0.15) is 5.82 Å². The number of para-hydroxylation sites is 1. The maximum absolute atomic E-state index is 13.0. The number of aromatic nitrogens is 3. The molecule has 1 fully saturated rings. The molecule has 0 saturated carbocycles. The van der Waals surface area contributed by atoms with Gasteiger partial charge >= 0.3 is 0 Å². The molecule has 1 aliphatic heterocycles. The van der Waals surface area contributed by atoms with Gasteiger partial charge in [0, 0.05) is 44.8 Å². The molecule has 0 bridgehead atoms. The molecule has 0 atom stereocenters. The average molecular weight is 364 g/mol. The summed E-state index contributed by atoms with van der Waals surface area (Å²) >= 11 is 0. The van der Waals surface area contributed by atoms with Crippen LogP contribution in [0, 0.1) is 0 Å². The summed E-state index contributed by atoms with van der Waals surface area (Å²) in [6.45, 7) is 2.21. The van der Waals surface area contributed by atoms with E-state index in [1.54, 1.807) is 27.9 Å². The molecule has 4 rings (SSSR count). The van der Waals surface area contributed by atoms with E-state index in [9.17, 15) is 9.59 Å². The standard InChI is InChI=1S/C19H20N6O2/c1-23-15-7-3-2-5-13(15)16(22-23)19(27)25-11-9-24(10-12-25)18-14(17(20)26)6-4-8-21-18/h2-8H,9-12H2,1H3,(H2,20,26). The van der Waals surface area contributed by atoms with E-state index in [0.717, 1.165) is 10.9 Å². The number of aryl methyl sites for hydroxylation is 1. The Kier molecular flexibility index (Phi) is 4.23. The number of carbonyl (C=O) groups is 2. The maximum Gasteiger partial charge on any atom is 0.275 e. The van der Waals surface area contributed by atoms with Gasteiger partial charge in [0.25, 0.3) is 11.8 Å². The Balaban J connectivity index is 1.53. The van der Waals surface area contributed by atoms with E-state index in [2.05, 4.69) is 10.1 Å². The van der Waals surface area contributed by atoms with Gasteiger partial charge in [-0.2, -0.15) is 5.10 Å². The summed E-state index contributed by atoms with van der Waals surface area (Å²) in [5, 5.41) is 5.27.